The minimum atomic E-state index is -0.324. The minimum absolute atomic E-state index is 0.128. The van der Waals surface area contributed by atoms with Crippen LogP contribution in [0.2, 0.25) is 0 Å². The molecule has 0 unspecified atom stereocenters. The van der Waals surface area contributed by atoms with E-state index in [9.17, 15) is 9.59 Å². The van der Waals surface area contributed by atoms with E-state index in [1.54, 1.807) is 41.3 Å². The van der Waals surface area contributed by atoms with Crippen LogP contribution in [0.4, 0.5) is 5.69 Å². The molecule has 0 bridgehead atoms. The van der Waals surface area contributed by atoms with Crippen LogP contribution >= 0.6 is 11.3 Å². The number of rotatable bonds is 7. The molecule has 0 fully saturated rings. The summed E-state index contributed by atoms with van der Waals surface area (Å²) >= 11 is 1.52. The Kier molecular flexibility index (Phi) is 5.69. The number of aromatic nitrogens is 3. The Hall–Kier alpha value is -4.24. The first-order valence-electron chi connectivity index (χ1n) is 10.2. The lowest BCUT2D eigenvalue weighted by atomic mass is 10.2. The number of furan rings is 1. The molecule has 3 aromatic heterocycles. The molecule has 33 heavy (non-hydrogen) atoms. The molecule has 2 aromatic carbocycles. The van der Waals surface area contributed by atoms with Gasteiger partial charge in [0, 0.05) is 24.6 Å². The lowest BCUT2D eigenvalue weighted by molar-refractivity contribution is -0.116. The van der Waals surface area contributed by atoms with Crippen molar-refractivity contribution in [2.24, 2.45) is 0 Å². The van der Waals surface area contributed by atoms with Crippen LogP contribution in [-0.2, 0) is 17.9 Å². The van der Waals surface area contributed by atoms with Crippen molar-refractivity contribution >= 4 is 39.1 Å². The molecule has 2 N–H and O–H groups in total. The maximum atomic E-state index is 12.6. The summed E-state index contributed by atoms with van der Waals surface area (Å²) in [7, 11) is 0. The average molecular weight is 458 g/mol. The van der Waals surface area contributed by atoms with E-state index >= 15 is 0 Å². The Bertz CT molecular complexity index is 1390. The molecule has 3 heterocycles. The summed E-state index contributed by atoms with van der Waals surface area (Å²) in [4.78, 5) is 29.3. The van der Waals surface area contributed by atoms with Crippen LogP contribution in [0.3, 0.4) is 0 Å². The number of fused-ring (bicyclic) bond motifs is 1. The predicted octanol–water partition coefficient (Wildman–Crippen LogP) is 4.32. The number of carbonyl (C=O) groups is 2. The van der Waals surface area contributed by atoms with E-state index in [1.165, 1.54) is 11.3 Å². The van der Waals surface area contributed by atoms with Gasteiger partial charge in [-0.2, -0.15) is 5.10 Å². The third-order valence-corrected chi connectivity index (χ3v) is 5.91. The number of nitrogens with one attached hydrogen (secondary N) is 2. The van der Waals surface area contributed by atoms with Crippen LogP contribution in [-0.4, -0.2) is 26.6 Å². The van der Waals surface area contributed by atoms with Crippen LogP contribution in [0.5, 0.6) is 0 Å². The van der Waals surface area contributed by atoms with Gasteiger partial charge in [-0.05, 0) is 48.0 Å². The van der Waals surface area contributed by atoms with E-state index in [1.807, 2.05) is 42.5 Å². The summed E-state index contributed by atoms with van der Waals surface area (Å²) in [5, 5.41) is 10.4. The van der Waals surface area contributed by atoms with Gasteiger partial charge in [0.15, 0.2) is 16.5 Å². The number of nitrogens with zero attached hydrogens (tertiary/aromatic N) is 3. The SMILES string of the molecule is O=C(Cn1cccn1)Nc1cccc(CNC(=O)c2ccc(-c3nc4ccccc4s3)o2)c1. The Morgan fingerprint density at radius 3 is 2.79 bits per heavy atom. The molecule has 5 rings (SSSR count). The van der Waals surface area contributed by atoms with Crippen molar-refractivity contribution in [3.8, 4) is 10.8 Å². The fourth-order valence-electron chi connectivity index (χ4n) is 3.32. The summed E-state index contributed by atoms with van der Waals surface area (Å²) < 4.78 is 8.35. The Morgan fingerprint density at radius 1 is 1.03 bits per heavy atom. The predicted molar refractivity (Wildman–Crippen MR) is 126 cm³/mol. The van der Waals surface area contributed by atoms with Crippen molar-refractivity contribution in [1.82, 2.24) is 20.1 Å². The Morgan fingerprint density at radius 2 is 1.94 bits per heavy atom. The van der Waals surface area contributed by atoms with Crippen molar-refractivity contribution in [2.45, 2.75) is 13.1 Å². The normalized spacial score (nSPS) is 10.9. The number of benzene rings is 2. The third kappa shape index (κ3) is 4.83. The fraction of sp³-hybridized carbons (Fsp3) is 0.0833. The molecule has 164 valence electrons. The fourth-order valence-corrected chi connectivity index (χ4v) is 4.25. The second kappa shape index (κ2) is 9.09. The van der Waals surface area contributed by atoms with E-state index in [-0.39, 0.29) is 24.1 Å². The molecule has 9 heteroatoms. The smallest absolute Gasteiger partial charge is 0.287 e. The molecule has 0 aliphatic carbocycles. The summed E-state index contributed by atoms with van der Waals surface area (Å²) in [6.07, 6.45) is 3.35. The molecule has 2 amide bonds. The summed E-state index contributed by atoms with van der Waals surface area (Å²) in [5.41, 5.74) is 2.39. The molecule has 0 saturated carbocycles. The van der Waals surface area contributed by atoms with Gasteiger partial charge in [-0.1, -0.05) is 24.3 Å². The van der Waals surface area contributed by atoms with Gasteiger partial charge >= 0.3 is 0 Å². The highest BCUT2D eigenvalue weighted by atomic mass is 32.1. The highest BCUT2D eigenvalue weighted by Crippen LogP contribution is 2.31. The van der Waals surface area contributed by atoms with Crippen molar-refractivity contribution in [3.05, 3.63) is 90.4 Å². The molecule has 0 aliphatic rings. The Balaban J connectivity index is 1.20. The zero-order valence-corrected chi connectivity index (χ0v) is 18.2. The second-order valence-electron chi connectivity index (χ2n) is 7.29. The van der Waals surface area contributed by atoms with E-state index < -0.39 is 0 Å². The van der Waals surface area contributed by atoms with Crippen LogP contribution in [0.1, 0.15) is 16.1 Å². The second-order valence-corrected chi connectivity index (χ2v) is 8.32. The van der Waals surface area contributed by atoms with Gasteiger partial charge in [0.1, 0.15) is 6.54 Å². The number of amides is 2. The van der Waals surface area contributed by atoms with Gasteiger partial charge in [0.05, 0.1) is 10.2 Å². The largest absolute Gasteiger partial charge is 0.448 e. The van der Waals surface area contributed by atoms with E-state index in [2.05, 4.69) is 20.7 Å². The zero-order valence-electron chi connectivity index (χ0n) is 17.4. The summed E-state index contributed by atoms with van der Waals surface area (Å²) in [5.74, 6) is 0.268. The van der Waals surface area contributed by atoms with Gasteiger partial charge < -0.3 is 15.1 Å². The van der Waals surface area contributed by atoms with Crippen molar-refractivity contribution in [3.63, 3.8) is 0 Å². The third-order valence-electron chi connectivity index (χ3n) is 4.86. The molecule has 0 aliphatic heterocycles. The van der Waals surface area contributed by atoms with Crippen molar-refractivity contribution < 1.29 is 14.0 Å². The average Bonchev–Trinajstić information content (AvgIpc) is 3.57. The molecule has 0 saturated heterocycles. The maximum absolute atomic E-state index is 12.6. The van der Waals surface area contributed by atoms with E-state index in [0.29, 0.717) is 18.0 Å². The number of thiazole rings is 1. The van der Waals surface area contributed by atoms with Gasteiger partial charge in [-0.25, -0.2) is 4.98 Å². The minimum Gasteiger partial charge on any atom is -0.448 e. The molecular weight excluding hydrogens is 438 g/mol. The first-order chi connectivity index (χ1) is 16.1. The zero-order chi connectivity index (χ0) is 22.6. The van der Waals surface area contributed by atoms with E-state index in [4.69, 9.17) is 4.42 Å². The van der Waals surface area contributed by atoms with Crippen LogP contribution < -0.4 is 10.6 Å². The molecular formula is C24H19N5O3S. The summed E-state index contributed by atoms with van der Waals surface area (Å²) in [6.45, 7) is 0.419. The lowest BCUT2D eigenvalue weighted by Gasteiger charge is -2.08. The number of carbonyl (C=O) groups excluding carboxylic acids is 2. The van der Waals surface area contributed by atoms with Crippen molar-refractivity contribution in [1.29, 1.82) is 0 Å². The standard InChI is InChI=1S/C24H19N5O3S/c30-22(15-29-12-4-11-26-29)27-17-6-3-5-16(13-17)14-25-23(31)19-9-10-20(32-19)24-28-18-7-1-2-8-21(18)33-24/h1-13H,14-15H2,(H,25,31)(H,27,30). The first-order valence-corrected chi connectivity index (χ1v) is 11.1. The molecule has 5 aromatic rings. The number of para-hydroxylation sites is 1. The summed E-state index contributed by atoms with van der Waals surface area (Å²) in [6, 6.07) is 20.3. The van der Waals surface area contributed by atoms with Crippen molar-refractivity contribution in [2.75, 3.05) is 5.32 Å². The molecule has 0 spiro atoms. The quantitative estimate of drug-likeness (QED) is 0.379. The number of hydrogen-bond acceptors (Lipinski definition) is 6. The van der Waals surface area contributed by atoms with Gasteiger partial charge in [-0.3, -0.25) is 14.3 Å². The first kappa shape index (κ1) is 20.7. The van der Waals surface area contributed by atoms with Crippen LogP contribution in [0, 0.1) is 0 Å². The van der Waals surface area contributed by atoms with Crippen LogP contribution in [0.25, 0.3) is 21.0 Å². The number of anilines is 1. The monoisotopic (exact) mass is 457 g/mol. The molecule has 0 radical (unpaired) electrons. The Labute approximate surface area is 192 Å². The molecule has 8 nitrogen and oxygen atoms in total. The van der Waals surface area contributed by atoms with E-state index in [0.717, 1.165) is 20.8 Å². The van der Waals surface area contributed by atoms with Gasteiger partial charge in [0.25, 0.3) is 5.91 Å². The highest BCUT2D eigenvalue weighted by Gasteiger charge is 2.15. The lowest BCUT2D eigenvalue weighted by Crippen LogP contribution is -2.22. The number of hydrogen-bond donors (Lipinski definition) is 2. The highest BCUT2D eigenvalue weighted by molar-refractivity contribution is 7.21. The maximum Gasteiger partial charge on any atom is 0.287 e. The topological polar surface area (TPSA) is 102 Å². The molecule has 0 atom stereocenters. The van der Waals surface area contributed by atoms with Gasteiger partial charge in [0.2, 0.25) is 5.91 Å². The van der Waals surface area contributed by atoms with Gasteiger partial charge in [-0.15, -0.1) is 11.3 Å². The van der Waals surface area contributed by atoms with Crippen LogP contribution in [0.15, 0.2) is 83.5 Å².